The molecule has 1 aromatic heterocycles. The first kappa shape index (κ1) is 15.2. The van der Waals surface area contributed by atoms with Gasteiger partial charge in [0.2, 0.25) is 5.78 Å². The molecule has 0 bridgehead atoms. The zero-order chi connectivity index (χ0) is 11.3. The van der Waals surface area contributed by atoms with E-state index in [1.165, 1.54) is 6.20 Å². The Morgan fingerprint density at radius 3 is 2.69 bits per heavy atom. The van der Waals surface area contributed by atoms with Gasteiger partial charge < -0.3 is 4.74 Å². The standard InChI is InChI=1S/C10H10BrNO3.BrH/c1-2-15-10(14)8(11)9(13)7-5-3-4-6-12-7;/h3-6,8H,2H2,1H3;1H. The minimum atomic E-state index is -0.979. The van der Waals surface area contributed by atoms with Crippen molar-refractivity contribution >= 4 is 44.7 Å². The summed E-state index contributed by atoms with van der Waals surface area (Å²) in [4.78, 5) is 25.8. The molecule has 1 atom stereocenters. The maximum atomic E-state index is 11.7. The van der Waals surface area contributed by atoms with Gasteiger partial charge in [-0.05, 0) is 19.1 Å². The molecule has 0 aliphatic heterocycles. The van der Waals surface area contributed by atoms with Gasteiger partial charge in [-0.2, -0.15) is 0 Å². The second kappa shape index (κ2) is 7.51. The van der Waals surface area contributed by atoms with Crippen LogP contribution in [0.4, 0.5) is 0 Å². The Kier molecular flexibility index (Phi) is 7.16. The number of aromatic nitrogens is 1. The zero-order valence-corrected chi connectivity index (χ0v) is 11.9. The number of hydrogen-bond donors (Lipinski definition) is 0. The number of pyridine rings is 1. The molecule has 0 N–H and O–H groups in total. The van der Waals surface area contributed by atoms with Crippen LogP contribution in [0.2, 0.25) is 0 Å². The number of esters is 1. The molecule has 0 spiro atoms. The number of carbonyl (C=O) groups is 2. The summed E-state index contributed by atoms with van der Waals surface area (Å²) in [5, 5.41) is 0. The highest BCUT2D eigenvalue weighted by molar-refractivity contribution is 9.10. The maximum Gasteiger partial charge on any atom is 0.327 e. The summed E-state index contributed by atoms with van der Waals surface area (Å²) in [7, 11) is 0. The van der Waals surface area contributed by atoms with Crippen LogP contribution in [0.3, 0.4) is 0 Å². The third-order valence-electron chi connectivity index (χ3n) is 1.64. The van der Waals surface area contributed by atoms with Crippen LogP contribution in [0.1, 0.15) is 17.4 Å². The smallest absolute Gasteiger partial charge is 0.327 e. The molecule has 88 valence electrons. The van der Waals surface area contributed by atoms with E-state index in [2.05, 4.69) is 20.9 Å². The largest absolute Gasteiger partial charge is 0.465 e. The molecule has 0 radical (unpaired) electrons. The van der Waals surface area contributed by atoms with E-state index in [4.69, 9.17) is 4.74 Å². The van der Waals surface area contributed by atoms with Gasteiger partial charge in [-0.25, -0.2) is 0 Å². The number of rotatable bonds is 4. The summed E-state index contributed by atoms with van der Waals surface area (Å²) in [6, 6.07) is 4.94. The van der Waals surface area contributed by atoms with Gasteiger partial charge in [-0.15, -0.1) is 17.0 Å². The summed E-state index contributed by atoms with van der Waals surface area (Å²) in [6.07, 6.45) is 1.50. The Morgan fingerprint density at radius 2 is 2.19 bits per heavy atom. The van der Waals surface area contributed by atoms with Crippen molar-refractivity contribution in [3.05, 3.63) is 30.1 Å². The van der Waals surface area contributed by atoms with Crippen LogP contribution in [-0.4, -0.2) is 28.2 Å². The van der Waals surface area contributed by atoms with Crippen LogP contribution in [0, 0.1) is 0 Å². The first-order valence-electron chi connectivity index (χ1n) is 4.42. The number of hydrogen-bond acceptors (Lipinski definition) is 4. The number of ether oxygens (including phenoxy) is 1. The molecule has 1 rings (SSSR count). The van der Waals surface area contributed by atoms with E-state index >= 15 is 0 Å². The van der Waals surface area contributed by atoms with E-state index in [0.717, 1.165) is 0 Å². The number of halogens is 2. The Balaban J connectivity index is 0.00000225. The lowest BCUT2D eigenvalue weighted by atomic mass is 10.2. The van der Waals surface area contributed by atoms with Crippen LogP contribution in [0.15, 0.2) is 24.4 Å². The second-order valence-corrected chi connectivity index (χ2v) is 3.61. The van der Waals surface area contributed by atoms with Gasteiger partial charge in [0.1, 0.15) is 5.69 Å². The van der Waals surface area contributed by atoms with Crippen molar-refractivity contribution in [2.75, 3.05) is 6.61 Å². The van der Waals surface area contributed by atoms with Crippen LogP contribution in [0.5, 0.6) is 0 Å². The molecular formula is C10H11Br2NO3. The summed E-state index contributed by atoms with van der Waals surface area (Å²) in [5.74, 6) is -0.984. The monoisotopic (exact) mass is 351 g/mol. The number of ketones is 1. The minimum Gasteiger partial charge on any atom is -0.465 e. The zero-order valence-electron chi connectivity index (χ0n) is 8.55. The predicted molar refractivity (Wildman–Crippen MR) is 68.2 cm³/mol. The highest BCUT2D eigenvalue weighted by atomic mass is 79.9. The summed E-state index contributed by atoms with van der Waals surface area (Å²) < 4.78 is 4.71. The molecule has 0 aliphatic rings. The van der Waals surface area contributed by atoms with Crippen molar-refractivity contribution < 1.29 is 14.3 Å². The first-order valence-corrected chi connectivity index (χ1v) is 5.34. The lowest BCUT2D eigenvalue weighted by molar-refractivity contribution is -0.141. The quantitative estimate of drug-likeness (QED) is 0.360. The molecular weight excluding hydrogens is 342 g/mol. The van der Waals surface area contributed by atoms with E-state index in [1.807, 2.05) is 0 Å². The van der Waals surface area contributed by atoms with Gasteiger partial charge in [0, 0.05) is 6.20 Å². The SMILES string of the molecule is Br.CCOC(=O)C(Br)C(=O)c1ccccn1. The normalized spacial score (nSPS) is 11.1. The second-order valence-electron chi connectivity index (χ2n) is 2.69. The molecule has 0 fully saturated rings. The topological polar surface area (TPSA) is 56.3 Å². The molecule has 6 heteroatoms. The van der Waals surface area contributed by atoms with Crippen molar-refractivity contribution in [2.24, 2.45) is 0 Å². The van der Waals surface area contributed by atoms with Crippen molar-refractivity contribution in [3.63, 3.8) is 0 Å². The molecule has 1 aromatic rings. The van der Waals surface area contributed by atoms with Crippen LogP contribution in [-0.2, 0) is 9.53 Å². The van der Waals surface area contributed by atoms with Crippen LogP contribution in [0.25, 0.3) is 0 Å². The number of Topliss-reactive ketones (excluding diaryl/α,β-unsaturated/α-hetero) is 1. The van der Waals surface area contributed by atoms with E-state index in [0.29, 0.717) is 0 Å². The van der Waals surface area contributed by atoms with E-state index in [1.54, 1.807) is 25.1 Å². The Labute approximate surface area is 112 Å². The van der Waals surface area contributed by atoms with Crippen LogP contribution < -0.4 is 0 Å². The van der Waals surface area contributed by atoms with E-state index < -0.39 is 16.6 Å². The summed E-state index contributed by atoms with van der Waals surface area (Å²) in [5.41, 5.74) is 0.243. The third-order valence-corrected chi connectivity index (χ3v) is 2.43. The highest BCUT2D eigenvalue weighted by Crippen LogP contribution is 2.09. The van der Waals surface area contributed by atoms with Gasteiger partial charge in [-0.3, -0.25) is 14.6 Å². The fourth-order valence-corrected chi connectivity index (χ4v) is 1.33. The van der Waals surface area contributed by atoms with Crippen LogP contribution >= 0.6 is 32.9 Å². The fraction of sp³-hybridized carbons (Fsp3) is 0.300. The number of alkyl halides is 1. The molecule has 1 heterocycles. The molecule has 0 aliphatic carbocycles. The lowest BCUT2D eigenvalue weighted by Crippen LogP contribution is -2.27. The molecule has 16 heavy (non-hydrogen) atoms. The van der Waals surface area contributed by atoms with E-state index in [9.17, 15) is 9.59 Å². The average molecular weight is 353 g/mol. The lowest BCUT2D eigenvalue weighted by Gasteiger charge is -2.06. The summed E-state index contributed by atoms with van der Waals surface area (Å²) >= 11 is 2.98. The van der Waals surface area contributed by atoms with Crippen molar-refractivity contribution in [2.45, 2.75) is 11.8 Å². The summed E-state index contributed by atoms with van der Waals surface area (Å²) in [6.45, 7) is 1.93. The molecule has 0 saturated carbocycles. The van der Waals surface area contributed by atoms with Gasteiger partial charge in [0.15, 0.2) is 4.83 Å². The third kappa shape index (κ3) is 4.02. The average Bonchev–Trinajstić information content (AvgIpc) is 2.28. The Morgan fingerprint density at radius 1 is 1.50 bits per heavy atom. The molecule has 0 amide bonds. The highest BCUT2D eigenvalue weighted by Gasteiger charge is 2.26. The minimum absolute atomic E-state index is 0. The number of nitrogens with zero attached hydrogens (tertiary/aromatic N) is 1. The molecule has 0 aromatic carbocycles. The van der Waals surface area contributed by atoms with Crippen molar-refractivity contribution in [1.82, 2.24) is 4.98 Å². The van der Waals surface area contributed by atoms with Crippen molar-refractivity contribution in [1.29, 1.82) is 0 Å². The van der Waals surface area contributed by atoms with Gasteiger partial charge in [0.05, 0.1) is 6.61 Å². The Hall–Kier alpha value is -0.750. The van der Waals surface area contributed by atoms with Crippen molar-refractivity contribution in [3.8, 4) is 0 Å². The fourth-order valence-electron chi connectivity index (χ4n) is 0.961. The van der Waals surface area contributed by atoms with Gasteiger partial charge >= 0.3 is 5.97 Å². The van der Waals surface area contributed by atoms with Gasteiger partial charge in [0.25, 0.3) is 0 Å². The molecule has 0 saturated heterocycles. The molecule has 1 unspecified atom stereocenters. The van der Waals surface area contributed by atoms with Gasteiger partial charge in [-0.1, -0.05) is 22.0 Å². The predicted octanol–water partition coefficient (Wildman–Crippen LogP) is 2.17. The number of carbonyl (C=O) groups excluding carboxylic acids is 2. The van der Waals surface area contributed by atoms with E-state index in [-0.39, 0.29) is 29.3 Å². The first-order chi connectivity index (χ1) is 7.16. The Bertz CT molecular complexity index is 356. The maximum absolute atomic E-state index is 11.7. The molecule has 4 nitrogen and oxygen atoms in total.